The largest absolute Gasteiger partial charge is 0.507 e. The molecule has 0 bridgehead atoms. The Kier molecular flexibility index (Phi) is 3.32. The highest BCUT2D eigenvalue weighted by atomic mass is 16.5. The topological polar surface area (TPSA) is 75.2 Å². The summed E-state index contributed by atoms with van der Waals surface area (Å²) in [6.45, 7) is 3.93. The number of hydrogen-bond donors (Lipinski definition) is 2. The smallest absolute Gasteiger partial charge is 0.356 e. The predicted octanol–water partition coefficient (Wildman–Crippen LogP) is 2.27. The second-order valence-corrected chi connectivity index (χ2v) is 3.89. The quantitative estimate of drug-likeness (QED) is 0.814. The van der Waals surface area contributed by atoms with Gasteiger partial charge in [-0.3, -0.25) is 0 Å². The van der Waals surface area contributed by atoms with Gasteiger partial charge in [-0.15, -0.1) is 0 Å². The van der Waals surface area contributed by atoms with Crippen molar-refractivity contribution in [2.75, 3.05) is 6.61 Å². The lowest BCUT2D eigenvalue weighted by Crippen LogP contribution is -2.04. The van der Waals surface area contributed by atoms with Gasteiger partial charge in [0.2, 0.25) is 0 Å². The van der Waals surface area contributed by atoms with E-state index in [0.29, 0.717) is 18.0 Å². The summed E-state index contributed by atoms with van der Waals surface area (Å²) < 4.78 is 4.85. The van der Waals surface area contributed by atoms with Crippen molar-refractivity contribution in [3.8, 4) is 17.1 Å². The number of imidazole rings is 1. The molecular formula is C13H14N2O3. The van der Waals surface area contributed by atoms with Crippen LogP contribution in [-0.4, -0.2) is 27.7 Å². The second-order valence-electron chi connectivity index (χ2n) is 3.89. The fourth-order valence-electron chi connectivity index (χ4n) is 1.61. The van der Waals surface area contributed by atoms with Crippen LogP contribution in [0.1, 0.15) is 23.0 Å². The number of nitrogens with zero attached hydrogens (tertiary/aromatic N) is 1. The highest BCUT2D eigenvalue weighted by Gasteiger charge is 2.13. The lowest BCUT2D eigenvalue weighted by atomic mass is 10.1. The van der Waals surface area contributed by atoms with Crippen LogP contribution in [0.15, 0.2) is 24.4 Å². The maximum absolute atomic E-state index is 11.5. The van der Waals surface area contributed by atoms with E-state index < -0.39 is 5.97 Å². The molecule has 94 valence electrons. The number of phenolic OH excluding ortho intramolecular Hbond substituents is 1. The Morgan fingerprint density at radius 1 is 1.50 bits per heavy atom. The Bertz CT molecular complexity index is 575. The van der Waals surface area contributed by atoms with Crippen molar-refractivity contribution in [3.05, 3.63) is 35.7 Å². The molecule has 0 saturated carbocycles. The van der Waals surface area contributed by atoms with Crippen LogP contribution in [0.4, 0.5) is 0 Å². The van der Waals surface area contributed by atoms with E-state index >= 15 is 0 Å². The van der Waals surface area contributed by atoms with Crippen molar-refractivity contribution in [2.24, 2.45) is 0 Å². The van der Waals surface area contributed by atoms with Gasteiger partial charge in [0.15, 0.2) is 0 Å². The van der Waals surface area contributed by atoms with Crippen molar-refractivity contribution in [1.82, 2.24) is 9.97 Å². The Labute approximate surface area is 104 Å². The third kappa shape index (κ3) is 2.34. The van der Waals surface area contributed by atoms with Crippen LogP contribution in [0.3, 0.4) is 0 Å². The van der Waals surface area contributed by atoms with Crippen LogP contribution in [-0.2, 0) is 4.74 Å². The second kappa shape index (κ2) is 4.91. The van der Waals surface area contributed by atoms with Gasteiger partial charge >= 0.3 is 5.97 Å². The van der Waals surface area contributed by atoms with E-state index in [1.54, 1.807) is 19.1 Å². The normalized spacial score (nSPS) is 10.3. The zero-order chi connectivity index (χ0) is 13.1. The summed E-state index contributed by atoms with van der Waals surface area (Å²) in [5.41, 5.74) is 1.77. The van der Waals surface area contributed by atoms with Crippen LogP contribution in [0.25, 0.3) is 11.4 Å². The predicted molar refractivity (Wildman–Crippen MR) is 66.4 cm³/mol. The molecule has 0 aliphatic heterocycles. The molecular weight excluding hydrogens is 232 g/mol. The lowest BCUT2D eigenvalue weighted by Gasteiger charge is -2.02. The molecule has 0 atom stereocenters. The fraction of sp³-hybridized carbons (Fsp3) is 0.231. The molecule has 5 heteroatoms. The number of esters is 1. The van der Waals surface area contributed by atoms with Crippen LogP contribution in [0.2, 0.25) is 0 Å². The van der Waals surface area contributed by atoms with Crippen molar-refractivity contribution in [1.29, 1.82) is 0 Å². The number of hydrogen-bond acceptors (Lipinski definition) is 4. The zero-order valence-corrected chi connectivity index (χ0v) is 10.2. The number of H-pyrrole nitrogens is 1. The minimum Gasteiger partial charge on any atom is -0.507 e. The third-order valence-electron chi connectivity index (χ3n) is 2.48. The number of ether oxygens (including phenoxy) is 1. The van der Waals surface area contributed by atoms with Gasteiger partial charge in [-0.05, 0) is 31.5 Å². The average molecular weight is 246 g/mol. The number of aromatic nitrogens is 2. The minimum atomic E-state index is -0.456. The molecule has 0 spiro atoms. The molecule has 0 radical (unpaired) electrons. The van der Waals surface area contributed by atoms with E-state index in [0.717, 1.165) is 5.56 Å². The van der Waals surface area contributed by atoms with E-state index in [9.17, 15) is 9.90 Å². The number of nitrogens with one attached hydrogen (secondary N) is 1. The van der Waals surface area contributed by atoms with Gasteiger partial charge in [0.05, 0.1) is 18.4 Å². The highest BCUT2D eigenvalue weighted by Crippen LogP contribution is 2.27. The van der Waals surface area contributed by atoms with Gasteiger partial charge in [-0.1, -0.05) is 6.07 Å². The number of aromatic amines is 1. The van der Waals surface area contributed by atoms with Crippen LogP contribution < -0.4 is 0 Å². The fourth-order valence-corrected chi connectivity index (χ4v) is 1.61. The van der Waals surface area contributed by atoms with Gasteiger partial charge in [0.25, 0.3) is 0 Å². The lowest BCUT2D eigenvalue weighted by molar-refractivity contribution is 0.0520. The summed E-state index contributed by atoms with van der Waals surface area (Å²) in [5, 5.41) is 9.82. The van der Waals surface area contributed by atoms with Crippen molar-refractivity contribution in [3.63, 3.8) is 0 Å². The summed E-state index contributed by atoms with van der Waals surface area (Å²) in [5.74, 6) is 0.109. The molecule has 0 fully saturated rings. The summed E-state index contributed by atoms with van der Waals surface area (Å²) in [6, 6.07) is 5.25. The first kappa shape index (κ1) is 12.2. The Morgan fingerprint density at radius 3 is 2.94 bits per heavy atom. The molecule has 5 nitrogen and oxygen atoms in total. The Morgan fingerprint density at radius 2 is 2.28 bits per heavy atom. The van der Waals surface area contributed by atoms with Crippen molar-refractivity contribution >= 4 is 5.97 Å². The first-order valence-corrected chi connectivity index (χ1v) is 5.64. The van der Waals surface area contributed by atoms with Crippen LogP contribution in [0.5, 0.6) is 5.75 Å². The Balaban J connectivity index is 2.32. The molecule has 1 heterocycles. The number of carbonyl (C=O) groups excluding carboxylic acids is 1. The first-order valence-electron chi connectivity index (χ1n) is 5.64. The number of phenols is 1. The minimum absolute atomic E-state index is 0.125. The number of rotatable bonds is 3. The standard InChI is InChI=1S/C13H14N2O3/c1-3-18-13(17)10-7-14-12(15-10)9-5-4-8(2)6-11(9)16/h4-7,16H,3H2,1-2H3,(H,14,15). The molecule has 0 amide bonds. The van der Waals surface area contributed by atoms with Gasteiger partial charge in [-0.2, -0.15) is 0 Å². The summed E-state index contributed by atoms with van der Waals surface area (Å²) in [6.07, 6.45) is 1.40. The molecule has 1 aromatic heterocycles. The maximum Gasteiger partial charge on any atom is 0.356 e. The van der Waals surface area contributed by atoms with Gasteiger partial charge < -0.3 is 14.8 Å². The van der Waals surface area contributed by atoms with Crippen molar-refractivity contribution < 1.29 is 14.6 Å². The summed E-state index contributed by atoms with van der Waals surface area (Å²) in [4.78, 5) is 18.4. The SMILES string of the molecule is CCOC(=O)c1cnc(-c2ccc(C)cc2O)[nH]1. The summed E-state index contributed by atoms with van der Waals surface area (Å²) >= 11 is 0. The number of benzene rings is 1. The van der Waals surface area contributed by atoms with E-state index in [4.69, 9.17) is 4.74 Å². The van der Waals surface area contributed by atoms with E-state index in [2.05, 4.69) is 9.97 Å². The van der Waals surface area contributed by atoms with Gasteiger partial charge in [-0.25, -0.2) is 9.78 Å². The van der Waals surface area contributed by atoms with E-state index in [1.807, 2.05) is 13.0 Å². The van der Waals surface area contributed by atoms with Crippen LogP contribution >= 0.6 is 0 Å². The van der Waals surface area contributed by atoms with Gasteiger partial charge in [0, 0.05) is 0 Å². The van der Waals surface area contributed by atoms with Gasteiger partial charge in [0.1, 0.15) is 17.3 Å². The summed E-state index contributed by atoms with van der Waals surface area (Å²) in [7, 11) is 0. The molecule has 18 heavy (non-hydrogen) atoms. The molecule has 0 aliphatic carbocycles. The molecule has 0 unspecified atom stereocenters. The Hall–Kier alpha value is -2.30. The monoisotopic (exact) mass is 246 g/mol. The molecule has 2 aromatic rings. The maximum atomic E-state index is 11.5. The molecule has 0 saturated heterocycles. The third-order valence-corrected chi connectivity index (χ3v) is 2.48. The van der Waals surface area contributed by atoms with Crippen molar-refractivity contribution in [2.45, 2.75) is 13.8 Å². The number of aryl methyl sites for hydroxylation is 1. The molecule has 0 aliphatic rings. The highest BCUT2D eigenvalue weighted by molar-refractivity contribution is 5.88. The number of carbonyl (C=O) groups is 1. The average Bonchev–Trinajstić information content (AvgIpc) is 2.78. The number of aromatic hydroxyl groups is 1. The molecule has 2 rings (SSSR count). The van der Waals surface area contributed by atoms with E-state index in [1.165, 1.54) is 6.20 Å². The van der Waals surface area contributed by atoms with E-state index in [-0.39, 0.29) is 11.4 Å². The molecule has 2 N–H and O–H groups in total. The zero-order valence-electron chi connectivity index (χ0n) is 10.2. The first-order chi connectivity index (χ1) is 8.61. The molecule has 1 aromatic carbocycles. The van der Waals surface area contributed by atoms with Crippen LogP contribution in [0, 0.1) is 6.92 Å².